The molecule has 2 aromatic carbocycles. The van der Waals surface area contributed by atoms with Gasteiger partial charge >= 0.3 is 0 Å². The van der Waals surface area contributed by atoms with Gasteiger partial charge in [0.1, 0.15) is 0 Å². The summed E-state index contributed by atoms with van der Waals surface area (Å²) in [4.78, 5) is 18.6. The third-order valence-electron chi connectivity index (χ3n) is 7.48. The third-order valence-corrected chi connectivity index (χ3v) is 8.71. The molecular weight excluding hydrogens is 376 g/mol. The molecule has 1 aromatic heterocycles. The van der Waals surface area contributed by atoms with Gasteiger partial charge in [-0.15, -0.1) is 11.3 Å². The van der Waals surface area contributed by atoms with Crippen LogP contribution < -0.4 is 15.2 Å². The molecule has 3 aliphatic rings. The SMILES string of the molecule is CN1CCC(C)(C)c2cc3c(=O)c4cc5c6c(c4sc3cc21)CCCN6CCC5. The molecule has 0 saturated carbocycles. The van der Waals surface area contributed by atoms with Gasteiger partial charge in [-0.25, -0.2) is 0 Å². The number of benzene rings is 2. The van der Waals surface area contributed by atoms with E-state index in [1.165, 1.54) is 58.7 Å². The molecular formula is C25H28N2OS. The number of anilines is 2. The molecule has 3 aliphatic heterocycles. The van der Waals surface area contributed by atoms with Crippen LogP contribution in [0.25, 0.3) is 20.2 Å². The van der Waals surface area contributed by atoms with E-state index in [2.05, 4.69) is 48.9 Å². The first kappa shape index (κ1) is 17.8. The molecule has 3 nitrogen and oxygen atoms in total. The van der Waals surface area contributed by atoms with E-state index in [0.29, 0.717) is 0 Å². The van der Waals surface area contributed by atoms with Gasteiger partial charge in [-0.1, -0.05) is 13.8 Å². The van der Waals surface area contributed by atoms with Gasteiger partial charge in [0.15, 0.2) is 5.43 Å². The minimum absolute atomic E-state index is 0.116. The van der Waals surface area contributed by atoms with Crippen LogP contribution in [-0.2, 0) is 18.3 Å². The minimum Gasteiger partial charge on any atom is -0.374 e. The quantitative estimate of drug-likeness (QED) is 0.479. The Labute approximate surface area is 175 Å². The first-order valence-corrected chi connectivity index (χ1v) is 11.8. The molecule has 0 atom stereocenters. The second kappa shape index (κ2) is 5.98. The summed E-state index contributed by atoms with van der Waals surface area (Å²) in [5.74, 6) is 0. The number of hydrogen-bond donors (Lipinski definition) is 0. The zero-order valence-electron chi connectivity index (χ0n) is 17.6. The molecule has 150 valence electrons. The van der Waals surface area contributed by atoms with Crippen molar-refractivity contribution in [1.29, 1.82) is 0 Å². The Morgan fingerprint density at radius 2 is 1.79 bits per heavy atom. The van der Waals surface area contributed by atoms with E-state index in [0.717, 1.165) is 41.3 Å². The van der Waals surface area contributed by atoms with E-state index >= 15 is 0 Å². The molecule has 0 fully saturated rings. The second-order valence-electron chi connectivity index (χ2n) is 9.79. The summed E-state index contributed by atoms with van der Waals surface area (Å²) in [5, 5.41) is 1.88. The Hall–Kier alpha value is -2.07. The monoisotopic (exact) mass is 404 g/mol. The zero-order chi connectivity index (χ0) is 19.9. The van der Waals surface area contributed by atoms with Crippen molar-refractivity contribution in [2.45, 2.75) is 51.4 Å². The van der Waals surface area contributed by atoms with Crippen molar-refractivity contribution in [3.05, 3.63) is 45.1 Å². The van der Waals surface area contributed by atoms with Crippen LogP contribution in [-0.4, -0.2) is 26.7 Å². The predicted octanol–water partition coefficient (Wildman–Crippen LogP) is 5.23. The summed E-state index contributed by atoms with van der Waals surface area (Å²) in [6.45, 7) is 8.04. The lowest BCUT2D eigenvalue weighted by molar-refractivity contribution is 0.463. The summed E-state index contributed by atoms with van der Waals surface area (Å²) in [5.41, 5.74) is 7.29. The Bertz CT molecular complexity index is 1240. The Kier molecular flexibility index (Phi) is 3.66. The highest BCUT2D eigenvalue weighted by Crippen LogP contribution is 2.45. The lowest BCUT2D eigenvalue weighted by Gasteiger charge is -2.39. The maximum atomic E-state index is 13.7. The molecule has 6 rings (SSSR count). The largest absolute Gasteiger partial charge is 0.374 e. The summed E-state index contributed by atoms with van der Waals surface area (Å²) in [6.07, 6.45) is 5.75. The first-order valence-electron chi connectivity index (χ1n) is 11.0. The minimum atomic E-state index is 0.116. The molecule has 0 unspecified atom stereocenters. The van der Waals surface area contributed by atoms with Crippen LogP contribution >= 0.6 is 11.3 Å². The van der Waals surface area contributed by atoms with Gasteiger partial charge in [-0.05, 0) is 72.4 Å². The fraction of sp³-hybridized carbons (Fsp3) is 0.480. The van der Waals surface area contributed by atoms with Crippen LogP contribution in [0.2, 0.25) is 0 Å². The van der Waals surface area contributed by atoms with Gasteiger partial charge in [-0.3, -0.25) is 4.79 Å². The Morgan fingerprint density at radius 1 is 1.00 bits per heavy atom. The molecule has 0 bridgehead atoms. The fourth-order valence-corrected chi connectivity index (χ4v) is 7.00. The van der Waals surface area contributed by atoms with Crippen molar-refractivity contribution in [2.75, 3.05) is 36.5 Å². The van der Waals surface area contributed by atoms with Crippen molar-refractivity contribution >= 4 is 42.9 Å². The third kappa shape index (κ3) is 2.44. The Morgan fingerprint density at radius 3 is 2.62 bits per heavy atom. The van der Waals surface area contributed by atoms with Gasteiger partial charge in [-0.2, -0.15) is 0 Å². The number of aryl methyl sites for hydroxylation is 2. The van der Waals surface area contributed by atoms with Crippen LogP contribution in [0.4, 0.5) is 11.4 Å². The molecule has 3 aromatic rings. The fourth-order valence-electron chi connectivity index (χ4n) is 5.76. The normalized spacial score (nSPS) is 20.1. The topological polar surface area (TPSA) is 23.6 Å². The molecule has 0 N–H and O–H groups in total. The maximum Gasteiger partial charge on any atom is 0.195 e. The average molecular weight is 405 g/mol. The van der Waals surface area contributed by atoms with E-state index in [9.17, 15) is 4.79 Å². The van der Waals surface area contributed by atoms with Crippen LogP contribution in [0.3, 0.4) is 0 Å². The molecule has 29 heavy (non-hydrogen) atoms. The van der Waals surface area contributed by atoms with Gasteiger partial charge in [0.05, 0.1) is 0 Å². The number of fused-ring (bicyclic) bond motifs is 4. The van der Waals surface area contributed by atoms with Crippen molar-refractivity contribution in [1.82, 2.24) is 0 Å². The van der Waals surface area contributed by atoms with Crippen LogP contribution in [0.15, 0.2) is 23.0 Å². The van der Waals surface area contributed by atoms with Crippen molar-refractivity contribution < 1.29 is 0 Å². The highest BCUT2D eigenvalue weighted by atomic mass is 32.1. The van der Waals surface area contributed by atoms with Crippen LogP contribution in [0.1, 0.15) is 49.8 Å². The zero-order valence-corrected chi connectivity index (χ0v) is 18.4. The maximum absolute atomic E-state index is 13.7. The van der Waals surface area contributed by atoms with Crippen molar-refractivity contribution in [3.8, 4) is 0 Å². The highest BCUT2D eigenvalue weighted by molar-refractivity contribution is 7.24. The standard InChI is InChI=1S/C25H28N2OS/c1-25(2)8-11-26(3)20-14-21-17(13-19(20)25)23(28)18-12-15-6-4-9-27-10-5-7-16(22(15)27)24(18)29-21/h12-14H,4-11H2,1-3H3. The van der Waals surface area contributed by atoms with E-state index in [-0.39, 0.29) is 10.8 Å². The summed E-state index contributed by atoms with van der Waals surface area (Å²) in [6, 6.07) is 6.75. The summed E-state index contributed by atoms with van der Waals surface area (Å²) >= 11 is 1.85. The van der Waals surface area contributed by atoms with E-state index < -0.39 is 0 Å². The molecule has 0 aliphatic carbocycles. The van der Waals surface area contributed by atoms with Crippen molar-refractivity contribution in [2.24, 2.45) is 0 Å². The molecule has 0 spiro atoms. The number of rotatable bonds is 0. The summed E-state index contributed by atoms with van der Waals surface area (Å²) < 4.78 is 2.39. The van der Waals surface area contributed by atoms with E-state index in [1.807, 2.05) is 11.3 Å². The van der Waals surface area contributed by atoms with E-state index in [1.54, 1.807) is 0 Å². The van der Waals surface area contributed by atoms with Crippen LogP contribution in [0.5, 0.6) is 0 Å². The van der Waals surface area contributed by atoms with Gasteiger partial charge in [0, 0.05) is 58.2 Å². The van der Waals surface area contributed by atoms with Crippen LogP contribution in [0, 0.1) is 0 Å². The molecule has 0 radical (unpaired) electrons. The average Bonchev–Trinajstić information content (AvgIpc) is 2.72. The Balaban J connectivity index is 1.71. The number of hydrogen-bond acceptors (Lipinski definition) is 4. The molecule has 0 saturated heterocycles. The molecule has 4 heteroatoms. The highest BCUT2D eigenvalue weighted by Gasteiger charge is 2.31. The van der Waals surface area contributed by atoms with E-state index in [4.69, 9.17) is 0 Å². The predicted molar refractivity (Wildman–Crippen MR) is 125 cm³/mol. The molecule has 4 heterocycles. The molecule has 0 amide bonds. The summed E-state index contributed by atoms with van der Waals surface area (Å²) in [7, 11) is 2.18. The van der Waals surface area contributed by atoms with Gasteiger partial charge < -0.3 is 9.80 Å². The van der Waals surface area contributed by atoms with Gasteiger partial charge in [0.2, 0.25) is 0 Å². The van der Waals surface area contributed by atoms with Gasteiger partial charge in [0.25, 0.3) is 0 Å². The number of nitrogens with zero attached hydrogens (tertiary/aromatic N) is 2. The van der Waals surface area contributed by atoms with Crippen molar-refractivity contribution in [3.63, 3.8) is 0 Å². The first-order chi connectivity index (χ1) is 13.9. The second-order valence-corrected chi connectivity index (χ2v) is 10.8. The lowest BCUT2D eigenvalue weighted by atomic mass is 9.77. The smallest absolute Gasteiger partial charge is 0.195 e. The lowest BCUT2D eigenvalue weighted by Crippen LogP contribution is -2.35.